The minimum atomic E-state index is 0.551. The molecular formula is C14H15N7O. The Morgan fingerprint density at radius 2 is 2.14 bits per heavy atom. The standard InChI is InChI=1S/C14H15N7O/c1-2-13-17-10-12(22-21(13)18-4-1)11-3-5-16-14(19-11)20-8-6-15-7-9-20/h1-5,10,15H,6-9H2. The molecule has 8 heteroatoms. The number of aromatic nitrogens is 2. The average Bonchev–Trinajstić information content (AvgIpc) is 2.62. The van der Waals surface area contributed by atoms with E-state index in [1.54, 1.807) is 18.6 Å². The van der Waals surface area contributed by atoms with Crippen LogP contribution in [0, 0.1) is 0 Å². The molecule has 3 aliphatic rings. The third-order valence-corrected chi connectivity index (χ3v) is 3.49. The number of hydrogen-bond donors (Lipinski definition) is 1. The van der Waals surface area contributed by atoms with Crippen molar-refractivity contribution in [2.24, 2.45) is 10.1 Å². The second-order valence-corrected chi connectivity index (χ2v) is 4.95. The second kappa shape index (κ2) is 5.57. The highest BCUT2D eigenvalue weighted by Crippen LogP contribution is 2.22. The number of allylic oxidation sites excluding steroid dienone is 1. The van der Waals surface area contributed by atoms with Gasteiger partial charge in [0.25, 0.3) is 0 Å². The number of hydroxylamine groups is 1. The molecule has 0 atom stereocenters. The van der Waals surface area contributed by atoms with Gasteiger partial charge in [-0.2, -0.15) is 0 Å². The van der Waals surface area contributed by atoms with Crippen molar-refractivity contribution < 1.29 is 4.84 Å². The largest absolute Gasteiger partial charge is 0.352 e. The molecule has 0 spiro atoms. The van der Waals surface area contributed by atoms with Gasteiger partial charge in [-0.05, 0) is 18.2 Å². The first-order valence-corrected chi connectivity index (χ1v) is 7.16. The molecule has 4 rings (SSSR count). The molecular weight excluding hydrogens is 282 g/mol. The predicted molar refractivity (Wildman–Crippen MR) is 83.1 cm³/mol. The van der Waals surface area contributed by atoms with Gasteiger partial charge in [-0.15, -0.1) is 5.10 Å². The summed E-state index contributed by atoms with van der Waals surface area (Å²) < 4.78 is 0. The van der Waals surface area contributed by atoms with Crippen LogP contribution >= 0.6 is 0 Å². The van der Waals surface area contributed by atoms with Crippen molar-refractivity contribution >= 4 is 23.8 Å². The van der Waals surface area contributed by atoms with E-state index in [1.807, 2.05) is 18.2 Å². The highest BCUT2D eigenvalue weighted by atomic mass is 16.7. The molecule has 22 heavy (non-hydrogen) atoms. The number of hydrazone groups is 1. The summed E-state index contributed by atoms with van der Waals surface area (Å²) >= 11 is 0. The summed E-state index contributed by atoms with van der Waals surface area (Å²) in [5.74, 6) is 1.90. The van der Waals surface area contributed by atoms with Gasteiger partial charge >= 0.3 is 0 Å². The maximum Gasteiger partial charge on any atom is 0.226 e. The Morgan fingerprint density at radius 1 is 1.23 bits per heavy atom. The van der Waals surface area contributed by atoms with E-state index in [4.69, 9.17) is 4.84 Å². The molecule has 1 saturated heterocycles. The van der Waals surface area contributed by atoms with Gasteiger partial charge in [0, 0.05) is 32.4 Å². The van der Waals surface area contributed by atoms with E-state index in [0.717, 1.165) is 26.2 Å². The van der Waals surface area contributed by atoms with Crippen molar-refractivity contribution in [2.45, 2.75) is 0 Å². The van der Waals surface area contributed by atoms with E-state index in [2.05, 4.69) is 30.3 Å². The number of aliphatic imine (C=N–C) groups is 1. The summed E-state index contributed by atoms with van der Waals surface area (Å²) in [6, 6.07) is 1.81. The van der Waals surface area contributed by atoms with Crippen molar-refractivity contribution in [3.8, 4) is 0 Å². The molecule has 0 aromatic carbocycles. The molecule has 0 unspecified atom stereocenters. The topological polar surface area (TPSA) is 78.2 Å². The zero-order valence-corrected chi connectivity index (χ0v) is 11.9. The zero-order valence-electron chi connectivity index (χ0n) is 11.9. The number of nitrogens with zero attached hydrogens (tertiary/aromatic N) is 6. The van der Waals surface area contributed by atoms with Gasteiger partial charge in [0.15, 0.2) is 5.84 Å². The van der Waals surface area contributed by atoms with Crippen molar-refractivity contribution in [3.05, 3.63) is 36.3 Å². The highest BCUT2D eigenvalue weighted by molar-refractivity contribution is 5.99. The van der Waals surface area contributed by atoms with Gasteiger partial charge < -0.3 is 15.1 Å². The van der Waals surface area contributed by atoms with Crippen LogP contribution in [0.5, 0.6) is 0 Å². The number of rotatable bonds is 2. The molecule has 0 amide bonds. The van der Waals surface area contributed by atoms with Crippen LogP contribution in [0.4, 0.5) is 5.95 Å². The molecule has 4 heterocycles. The van der Waals surface area contributed by atoms with Crippen molar-refractivity contribution in [1.29, 1.82) is 0 Å². The van der Waals surface area contributed by atoms with Gasteiger partial charge in [0.1, 0.15) is 5.69 Å². The third-order valence-electron chi connectivity index (χ3n) is 3.49. The van der Waals surface area contributed by atoms with Crippen LogP contribution in [-0.2, 0) is 4.84 Å². The van der Waals surface area contributed by atoms with E-state index in [-0.39, 0.29) is 0 Å². The number of hydrogen-bond acceptors (Lipinski definition) is 8. The summed E-state index contributed by atoms with van der Waals surface area (Å²) in [6.07, 6.45) is 8.68. The van der Waals surface area contributed by atoms with E-state index in [0.29, 0.717) is 23.2 Å². The molecule has 0 radical (unpaired) electrons. The summed E-state index contributed by atoms with van der Waals surface area (Å²) in [7, 11) is 0. The lowest BCUT2D eigenvalue weighted by molar-refractivity contribution is -0.0142. The lowest BCUT2D eigenvalue weighted by Crippen LogP contribution is -2.44. The van der Waals surface area contributed by atoms with Gasteiger partial charge in [-0.1, -0.05) is 5.17 Å². The SMILES string of the molecule is C1=CC2=NC=C(c3ccnc(N4CCNCC4)n3)ON2N=C1. The maximum absolute atomic E-state index is 5.71. The molecule has 1 aromatic heterocycles. The first-order valence-electron chi connectivity index (χ1n) is 7.16. The maximum atomic E-state index is 5.71. The van der Waals surface area contributed by atoms with Crippen LogP contribution in [0.25, 0.3) is 5.76 Å². The third kappa shape index (κ3) is 2.44. The number of amidine groups is 1. The molecule has 8 nitrogen and oxygen atoms in total. The monoisotopic (exact) mass is 297 g/mol. The predicted octanol–water partition coefficient (Wildman–Crippen LogP) is 0.386. The van der Waals surface area contributed by atoms with Crippen molar-refractivity contribution in [1.82, 2.24) is 20.5 Å². The average molecular weight is 297 g/mol. The molecule has 1 aromatic rings. The summed E-state index contributed by atoms with van der Waals surface area (Å²) in [6.45, 7) is 3.67. The molecule has 0 bridgehead atoms. The lowest BCUT2D eigenvalue weighted by Gasteiger charge is -2.28. The van der Waals surface area contributed by atoms with Gasteiger partial charge in [0.05, 0.1) is 12.4 Å². The molecule has 1 fully saturated rings. The van der Waals surface area contributed by atoms with E-state index in [1.165, 1.54) is 5.17 Å². The summed E-state index contributed by atoms with van der Waals surface area (Å²) in [5, 5.41) is 8.80. The Balaban J connectivity index is 1.60. The van der Waals surface area contributed by atoms with E-state index < -0.39 is 0 Å². The fourth-order valence-corrected chi connectivity index (χ4v) is 2.37. The van der Waals surface area contributed by atoms with E-state index >= 15 is 0 Å². The summed E-state index contributed by atoms with van der Waals surface area (Å²) in [4.78, 5) is 21.1. The van der Waals surface area contributed by atoms with Crippen LogP contribution < -0.4 is 10.2 Å². The Morgan fingerprint density at radius 3 is 3.05 bits per heavy atom. The van der Waals surface area contributed by atoms with Gasteiger partial charge in [-0.25, -0.2) is 15.0 Å². The Bertz CT molecular complexity index is 688. The molecule has 0 aliphatic carbocycles. The van der Waals surface area contributed by atoms with Crippen molar-refractivity contribution in [2.75, 3.05) is 31.1 Å². The number of nitrogens with one attached hydrogen (secondary N) is 1. The van der Waals surface area contributed by atoms with Gasteiger partial charge in [-0.3, -0.25) is 0 Å². The van der Waals surface area contributed by atoms with E-state index in [9.17, 15) is 0 Å². The number of piperazine rings is 1. The van der Waals surface area contributed by atoms with Crippen LogP contribution in [0.1, 0.15) is 5.69 Å². The fraction of sp³-hybridized carbons (Fsp3) is 0.286. The quantitative estimate of drug-likeness (QED) is 0.850. The molecule has 3 aliphatic heterocycles. The van der Waals surface area contributed by atoms with Crippen LogP contribution in [0.2, 0.25) is 0 Å². The molecule has 112 valence electrons. The van der Waals surface area contributed by atoms with Crippen LogP contribution in [0.3, 0.4) is 0 Å². The van der Waals surface area contributed by atoms with Gasteiger partial charge in [0.2, 0.25) is 11.7 Å². The van der Waals surface area contributed by atoms with Crippen LogP contribution in [-0.4, -0.2) is 53.4 Å². The smallest absolute Gasteiger partial charge is 0.226 e. The fourth-order valence-electron chi connectivity index (χ4n) is 2.37. The highest BCUT2D eigenvalue weighted by Gasteiger charge is 2.21. The Hall–Kier alpha value is -2.74. The zero-order chi connectivity index (χ0) is 14.8. The van der Waals surface area contributed by atoms with Crippen molar-refractivity contribution in [3.63, 3.8) is 0 Å². The second-order valence-electron chi connectivity index (χ2n) is 4.95. The number of anilines is 1. The number of fused-ring (bicyclic) bond motifs is 1. The first kappa shape index (κ1) is 13.0. The molecule has 1 N–H and O–H groups in total. The molecule has 0 saturated carbocycles. The minimum Gasteiger partial charge on any atom is -0.352 e. The Labute approximate surface area is 127 Å². The minimum absolute atomic E-state index is 0.551. The van der Waals surface area contributed by atoms with Crippen LogP contribution in [0.15, 0.2) is 40.7 Å². The first-order chi connectivity index (χ1) is 10.9. The Kier molecular flexibility index (Phi) is 3.28. The summed E-state index contributed by atoms with van der Waals surface area (Å²) in [5.41, 5.74) is 0.691. The normalized spacial score (nSPS) is 20.2. The lowest BCUT2D eigenvalue weighted by atomic mass is 10.3.